The second kappa shape index (κ2) is 10.8. The summed E-state index contributed by atoms with van der Waals surface area (Å²) in [6.07, 6.45) is 3.88. The number of ether oxygens (including phenoxy) is 1. The van der Waals surface area contributed by atoms with Crippen molar-refractivity contribution in [3.63, 3.8) is 0 Å². The van der Waals surface area contributed by atoms with E-state index in [4.69, 9.17) is 4.74 Å². The molecule has 7 nitrogen and oxygen atoms in total. The SMILES string of the molecule is O=C(Nc1ccc([C@@H](O)[C@H]2COCC(=O)N2CCCc2ccccc2)cc1)c1cccnc1. The summed E-state index contributed by atoms with van der Waals surface area (Å²) in [4.78, 5) is 30.5. The van der Waals surface area contributed by atoms with Crippen LogP contribution >= 0.6 is 0 Å². The van der Waals surface area contributed by atoms with Crippen LogP contribution in [0.3, 0.4) is 0 Å². The number of anilines is 1. The first-order valence-corrected chi connectivity index (χ1v) is 11.0. The molecule has 2 heterocycles. The fraction of sp³-hybridized carbons (Fsp3) is 0.269. The Morgan fingerprint density at radius 3 is 2.64 bits per heavy atom. The summed E-state index contributed by atoms with van der Waals surface area (Å²) in [5.41, 5.74) is 2.95. The van der Waals surface area contributed by atoms with E-state index in [1.165, 1.54) is 11.8 Å². The molecule has 7 heteroatoms. The highest BCUT2D eigenvalue weighted by atomic mass is 16.5. The number of rotatable bonds is 8. The molecule has 1 fully saturated rings. The molecule has 4 rings (SSSR count). The molecule has 2 N–H and O–H groups in total. The van der Waals surface area contributed by atoms with E-state index in [1.807, 2.05) is 18.2 Å². The van der Waals surface area contributed by atoms with Crippen molar-refractivity contribution in [1.29, 1.82) is 0 Å². The Morgan fingerprint density at radius 2 is 1.91 bits per heavy atom. The van der Waals surface area contributed by atoms with Crippen LogP contribution in [0.4, 0.5) is 5.69 Å². The van der Waals surface area contributed by atoms with Crippen molar-refractivity contribution < 1.29 is 19.4 Å². The highest BCUT2D eigenvalue weighted by molar-refractivity contribution is 6.04. The fourth-order valence-electron chi connectivity index (χ4n) is 3.96. The number of nitrogens with zero attached hydrogens (tertiary/aromatic N) is 2. The molecule has 3 aromatic rings. The van der Waals surface area contributed by atoms with Gasteiger partial charge in [0.2, 0.25) is 5.91 Å². The first kappa shape index (κ1) is 22.6. The lowest BCUT2D eigenvalue weighted by atomic mass is 9.99. The van der Waals surface area contributed by atoms with Crippen LogP contribution in [0.1, 0.15) is 34.0 Å². The number of aliphatic hydroxyl groups excluding tert-OH is 1. The summed E-state index contributed by atoms with van der Waals surface area (Å²) in [7, 11) is 0. The van der Waals surface area contributed by atoms with Gasteiger partial charge in [-0.15, -0.1) is 0 Å². The zero-order chi connectivity index (χ0) is 23.0. The molecule has 1 aliphatic heterocycles. The first-order chi connectivity index (χ1) is 16.1. The van der Waals surface area contributed by atoms with Crippen LogP contribution in [0, 0.1) is 0 Å². The molecular formula is C26H27N3O4. The zero-order valence-electron chi connectivity index (χ0n) is 18.3. The second-order valence-corrected chi connectivity index (χ2v) is 8.02. The second-order valence-electron chi connectivity index (χ2n) is 8.02. The number of aliphatic hydroxyl groups is 1. The van der Waals surface area contributed by atoms with Gasteiger partial charge in [-0.2, -0.15) is 0 Å². The minimum Gasteiger partial charge on any atom is -0.386 e. The highest BCUT2D eigenvalue weighted by Crippen LogP contribution is 2.26. The lowest BCUT2D eigenvalue weighted by Crippen LogP contribution is -2.52. The third kappa shape index (κ3) is 5.83. The Kier molecular flexibility index (Phi) is 7.44. The lowest BCUT2D eigenvalue weighted by Gasteiger charge is -2.38. The Labute approximate surface area is 193 Å². The Balaban J connectivity index is 1.38. The molecular weight excluding hydrogens is 418 g/mol. The number of hydrogen-bond acceptors (Lipinski definition) is 5. The number of carbonyl (C=O) groups excluding carboxylic acids is 2. The van der Waals surface area contributed by atoms with E-state index >= 15 is 0 Å². The number of amides is 2. The van der Waals surface area contributed by atoms with Crippen molar-refractivity contribution >= 4 is 17.5 Å². The maximum Gasteiger partial charge on any atom is 0.257 e. The van der Waals surface area contributed by atoms with Gasteiger partial charge in [0, 0.05) is 24.6 Å². The van der Waals surface area contributed by atoms with Gasteiger partial charge in [0.15, 0.2) is 0 Å². The van der Waals surface area contributed by atoms with Crippen molar-refractivity contribution in [3.8, 4) is 0 Å². The molecule has 0 unspecified atom stereocenters. The van der Waals surface area contributed by atoms with Gasteiger partial charge in [-0.05, 0) is 48.2 Å². The topological polar surface area (TPSA) is 91.8 Å². The number of morpholine rings is 1. The Bertz CT molecular complexity index is 1060. The summed E-state index contributed by atoms with van der Waals surface area (Å²) in [6.45, 7) is 0.865. The lowest BCUT2D eigenvalue weighted by molar-refractivity contribution is -0.154. The quantitative estimate of drug-likeness (QED) is 0.556. The summed E-state index contributed by atoms with van der Waals surface area (Å²) in [5.74, 6) is -0.369. The van der Waals surface area contributed by atoms with E-state index < -0.39 is 12.1 Å². The maximum absolute atomic E-state index is 12.5. The van der Waals surface area contributed by atoms with E-state index in [0.29, 0.717) is 23.4 Å². The van der Waals surface area contributed by atoms with Crippen LogP contribution in [-0.2, 0) is 16.0 Å². The monoisotopic (exact) mass is 445 g/mol. The molecule has 0 aliphatic carbocycles. The number of benzene rings is 2. The number of aromatic nitrogens is 1. The normalized spacial score (nSPS) is 16.9. The average Bonchev–Trinajstić information content (AvgIpc) is 2.86. The van der Waals surface area contributed by atoms with Gasteiger partial charge in [-0.3, -0.25) is 14.6 Å². The summed E-state index contributed by atoms with van der Waals surface area (Å²) in [5, 5.41) is 13.8. The predicted molar refractivity (Wildman–Crippen MR) is 125 cm³/mol. The minimum atomic E-state index is -0.894. The molecule has 2 amide bonds. The highest BCUT2D eigenvalue weighted by Gasteiger charge is 2.34. The molecule has 0 bridgehead atoms. The Hall–Kier alpha value is -3.55. The molecule has 1 aromatic heterocycles. The number of carbonyl (C=O) groups is 2. The standard InChI is InChI=1S/C26H27N3O4/c30-24-18-33-17-23(29(24)15-5-8-19-6-2-1-3-7-19)25(31)20-10-12-22(13-11-20)28-26(32)21-9-4-14-27-16-21/h1-4,6-7,9-14,16,23,25,31H,5,8,15,17-18H2,(H,28,32)/t23-,25-/m1/s1. The molecule has 0 saturated carbocycles. The third-order valence-corrected chi connectivity index (χ3v) is 5.74. The molecule has 2 aromatic carbocycles. The van der Waals surface area contributed by atoms with E-state index in [2.05, 4.69) is 22.4 Å². The van der Waals surface area contributed by atoms with Crippen molar-refractivity contribution in [2.75, 3.05) is 25.1 Å². The van der Waals surface area contributed by atoms with Gasteiger partial charge >= 0.3 is 0 Å². The molecule has 2 atom stereocenters. The number of nitrogens with one attached hydrogen (secondary N) is 1. The molecule has 0 radical (unpaired) electrons. The van der Waals surface area contributed by atoms with Crippen LogP contribution in [-0.4, -0.2) is 52.6 Å². The molecule has 1 aliphatic rings. The van der Waals surface area contributed by atoms with Gasteiger partial charge in [-0.25, -0.2) is 0 Å². The van der Waals surface area contributed by atoms with Crippen LogP contribution in [0.2, 0.25) is 0 Å². The largest absolute Gasteiger partial charge is 0.386 e. The molecule has 33 heavy (non-hydrogen) atoms. The van der Waals surface area contributed by atoms with Gasteiger partial charge in [0.1, 0.15) is 12.7 Å². The van der Waals surface area contributed by atoms with Crippen molar-refractivity contribution in [2.24, 2.45) is 0 Å². The summed E-state index contributed by atoms with van der Waals surface area (Å²) >= 11 is 0. The summed E-state index contributed by atoms with van der Waals surface area (Å²) < 4.78 is 5.44. The molecule has 0 spiro atoms. The smallest absolute Gasteiger partial charge is 0.257 e. The van der Waals surface area contributed by atoms with Crippen LogP contribution < -0.4 is 5.32 Å². The van der Waals surface area contributed by atoms with Gasteiger partial charge in [0.25, 0.3) is 5.91 Å². The first-order valence-electron chi connectivity index (χ1n) is 11.0. The molecule has 170 valence electrons. The van der Waals surface area contributed by atoms with E-state index in [9.17, 15) is 14.7 Å². The van der Waals surface area contributed by atoms with Gasteiger partial charge in [0.05, 0.1) is 18.2 Å². The van der Waals surface area contributed by atoms with E-state index in [1.54, 1.807) is 47.5 Å². The number of aryl methyl sites for hydroxylation is 1. The molecule has 1 saturated heterocycles. The zero-order valence-corrected chi connectivity index (χ0v) is 18.3. The van der Waals surface area contributed by atoms with E-state index in [0.717, 1.165) is 12.8 Å². The van der Waals surface area contributed by atoms with Gasteiger partial charge < -0.3 is 20.1 Å². The third-order valence-electron chi connectivity index (χ3n) is 5.74. The van der Waals surface area contributed by atoms with Gasteiger partial charge in [-0.1, -0.05) is 42.5 Å². The van der Waals surface area contributed by atoms with Crippen molar-refractivity contribution in [2.45, 2.75) is 25.0 Å². The minimum absolute atomic E-state index is 0.0356. The average molecular weight is 446 g/mol. The fourth-order valence-corrected chi connectivity index (χ4v) is 3.96. The maximum atomic E-state index is 12.5. The van der Waals surface area contributed by atoms with E-state index in [-0.39, 0.29) is 25.0 Å². The predicted octanol–water partition coefficient (Wildman–Crippen LogP) is 3.23. The van der Waals surface area contributed by atoms with Crippen molar-refractivity contribution in [3.05, 3.63) is 95.8 Å². The van der Waals surface area contributed by atoms with Crippen LogP contribution in [0.25, 0.3) is 0 Å². The van der Waals surface area contributed by atoms with Crippen molar-refractivity contribution in [1.82, 2.24) is 9.88 Å². The number of pyridine rings is 1. The van der Waals surface area contributed by atoms with Crippen LogP contribution in [0.15, 0.2) is 79.1 Å². The number of hydrogen-bond donors (Lipinski definition) is 2. The Morgan fingerprint density at radius 1 is 1.12 bits per heavy atom. The van der Waals surface area contributed by atoms with Crippen LogP contribution in [0.5, 0.6) is 0 Å². The summed E-state index contributed by atoms with van der Waals surface area (Å²) in [6, 6.07) is 20.0.